The average molecular weight is 569 g/mol. The maximum atomic E-state index is 13.7. The number of carbonyl (C=O) groups is 2. The number of benzene rings is 2. The Hall–Kier alpha value is -2.29. The van der Waals surface area contributed by atoms with E-state index in [2.05, 4.69) is 5.32 Å². The molecule has 0 aromatic heterocycles. The standard InChI is InChI=1S/C27H35Cl2N3O4S/c1-18-12-19(2)14-24(13-18)32(37(4,35)36)17-26(33)31(16-21-10-11-22(28)15-25(21)29)20(3)27(34)30-23-8-6-5-7-9-23/h10-15,20,23H,5-9,16-17H2,1-4H3,(H,30,34). The maximum absolute atomic E-state index is 13.7. The van der Waals surface area contributed by atoms with E-state index in [9.17, 15) is 18.0 Å². The third-order valence-corrected chi connectivity index (χ3v) is 8.38. The monoisotopic (exact) mass is 567 g/mol. The topological polar surface area (TPSA) is 86.8 Å². The number of hydrogen-bond donors (Lipinski definition) is 1. The van der Waals surface area contributed by atoms with Crippen LogP contribution in [0.25, 0.3) is 0 Å². The molecule has 3 rings (SSSR count). The Labute approximate surface area is 230 Å². The molecule has 0 bridgehead atoms. The van der Waals surface area contributed by atoms with Crippen molar-refractivity contribution in [1.82, 2.24) is 10.2 Å². The van der Waals surface area contributed by atoms with E-state index >= 15 is 0 Å². The van der Waals surface area contributed by atoms with Crippen LogP contribution in [-0.2, 0) is 26.2 Å². The van der Waals surface area contributed by atoms with Gasteiger partial charge in [-0.15, -0.1) is 0 Å². The van der Waals surface area contributed by atoms with Gasteiger partial charge in [-0.25, -0.2) is 8.42 Å². The van der Waals surface area contributed by atoms with E-state index < -0.39 is 28.5 Å². The van der Waals surface area contributed by atoms with Gasteiger partial charge in [-0.05, 0) is 74.6 Å². The summed E-state index contributed by atoms with van der Waals surface area (Å²) in [6.07, 6.45) is 6.15. The fourth-order valence-corrected chi connectivity index (χ4v) is 5.99. The summed E-state index contributed by atoms with van der Waals surface area (Å²) in [6.45, 7) is 4.96. The molecule has 1 atom stereocenters. The molecule has 0 radical (unpaired) electrons. The zero-order valence-electron chi connectivity index (χ0n) is 21.8. The van der Waals surface area contributed by atoms with Crippen LogP contribution in [-0.4, -0.2) is 50.0 Å². The average Bonchev–Trinajstić information content (AvgIpc) is 2.80. The Morgan fingerprint density at radius 3 is 2.22 bits per heavy atom. The minimum Gasteiger partial charge on any atom is -0.352 e. The van der Waals surface area contributed by atoms with Crippen molar-refractivity contribution in [3.05, 3.63) is 63.1 Å². The number of halogens is 2. The lowest BCUT2D eigenvalue weighted by molar-refractivity contribution is -0.139. The molecule has 1 N–H and O–H groups in total. The Balaban J connectivity index is 1.92. The van der Waals surface area contributed by atoms with Gasteiger partial charge in [0.05, 0.1) is 11.9 Å². The summed E-state index contributed by atoms with van der Waals surface area (Å²) in [5, 5.41) is 3.89. The fraction of sp³-hybridized carbons (Fsp3) is 0.481. The van der Waals surface area contributed by atoms with Crippen LogP contribution in [0, 0.1) is 13.8 Å². The molecule has 0 aliphatic heterocycles. The van der Waals surface area contributed by atoms with Gasteiger partial charge in [-0.3, -0.25) is 13.9 Å². The maximum Gasteiger partial charge on any atom is 0.244 e. The Kier molecular flexibility index (Phi) is 9.89. The second kappa shape index (κ2) is 12.5. The van der Waals surface area contributed by atoms with Crippen molar-refractivity contribution in [3.8, 4) is 0 Å². The van der Waals surface area contributed by atoms with Gasteiger partial charge in [-0.2, -0.15) is 0 Å². The zero-order valence-corrected chi connectivity index (χ0v) is 24.1. The molecule has 1 aliphatic rings. The van der Waals surface area contributed by atoms with Crippen molar-refractivity contribution in [1.29, 1.82) is 0 Å². The van der Waals surface area contributed by atoms with Crippen LogP contribution in [0.15, 0.2) is 36.4 Å². The number of hydrogen-bond acceptors (Lipinski definition) is 4. The molecule has 2 aromatic rings. The van der Waals surface area contributed by atoms with E-state index in [1.807, 2.05) is 19.9 Å². The van der Waals surface area contributed by atoms with Gasteiger partial charge < -0.3 is 10.2 Å². The van der Waals surface area contributed by atoms with Crippen LogP contribution in [0.3, 0.4) is 0 Å². The fourth-order valence-electron chi connectivity index (χ4n) is 4.69. The summed E-state index contributed by atoms with van der Waals surface area (Å²) >= 11 is 12.4. The van der Waals surface area contributed by atoms with E-state index in [1.54, 1.807) is 37.3 Å². The lowest BCUT2D eigenvalue weighted by atomic mass is 9.95. The van der Waals surface area contributed by atoms with Crippen molar-refractivity contribution in [2.45, 2.75) is 71.5 Å². The van der Waals surface area contributed by atoms with Crippen molar-refractivity contribution >= 4 is 50.7 Å². The molecule has 1 saturated carbocycles. The van der Waals surface area contributed by atoms with Gasteiger partial charge in [0.1, 0.15) is 12.6 Å². The minimum atomic E-state index is -3.79. The predicted molar refractivity (Wildman–Crippen MR) is 150 cm³/mol. The highest BCUT2D eigenvalue weighted by molar-refractivity contribution is 7.92. The molecule has 10 heteroatoms. The number of anilines is 1. The van der Waals surface area contributed by atoms with Crippen LogP contribution in [0.5, 0.6) is 0 Å². The number of amides is 2. The molecule has 7 nitrogen and oxygen atoms in total. The third kappa shape index (κ3) is 8.09. The minimum absolute atomic E-state index is 0.0263. The van der Waals surface area contributed by atoms with E-state index in [4.69, 9.17) is 23.2 Å². The van der Waals surface area contributed by atoms with Crippen molar-refractivity contribution in [2.75, 3.05) is 17.1 Å². The van der Waals surface area contributed by atoms with Crippen LogP contribution in [0.4, 0.5) is 5.69 Å². The van der Waals surface area contributed by atoms with E-state index in [0.29, 0.717) is 21.3 Å². The largest absolute Gasteiger partial charge is 0.352 e. The number of aryl methyl sites for hydroxylation is 2. The molecule has 1 fully saturated rings. The summed E-state index contributed by atoms with van der Waals surface area (Å²) in [7, 11) is -3.79. The molecule has 1 unspecified atom stereocenters. The number of nitrogens with zero attached hydrogens (tertiary/aromatic N) is 2. The molecule has 0 spiro atoms. The number of sulfonamides is 1. The second-order valence-electron chi connectivity index (χ2n) is 9.89. The van der Waals surface area contributed by atoms with Crippen LogP contribution in [0.2, 0.25) is 10.0 Å². The zero-order chi connectivity index (χ0) is 27.3. The van der Waals surface area contributed by atoms with Gasteiger partial charge in [0.15, 0.2) is 0 Å². The molecule has 2 aromatic carbocycles. The summed E-state index contributed by atoms with van der Waals surface area (Å²) in [5.41, 5.74) is 2.76. The Bertz CT molecular complexity index is 1230. The summed E-state index contributed by atoms with van der Waals surface area (Å²) in [6, 6.07) is 9.54. The highest BCUT2D eigenvalue weighted by atomic mass is 35.5. The molecule has 0 saturated heterocycles. The van der Waals surface area contributed by atoms with Gasteiger partial charge in [-0.1, -0.05) is 54.6 Å². The van der Waals surface area contributed by atoms with Crippen LogP contribution in [0.1, 0.15) is 55.7 Å². The summed E-state index contributed by atoms with van der Waals surface area (Å²) in [4.78, 5) is 28.4. The van der Waals surface area contributed by atoms with Gasteiger partial charge in [0, 0.05) is 22.6 Å². The first-order valence-electron chi connectivity index (χ1n) is 12.4. The number of nitrogens with one attached hydrogen (secondary N) is 1. The first-order valence-corrected chi connectivity index (χ1v) is 15.1. The molecule has 0 heterocycles. The van der Waals surface area contributed by atoms with Gasteiger partial charge in [0.2, 0.25) is 21.8 Å². The number of carbonyl (C=O) groups excluding carboxylic acids is 2. The third-order valence-electron chi connectivity index (χ3n) is 6.65. The van der Waals surface area contributed by atoms with Gasteiger partial charge in [0.25, 0.3) is 0 Å². The molecule has 202 valence electrons. The second-order valence-corrected chi connectivity index (χ2v) is 12.6. The first-order chi connectivity index (χ1) is 17.3. The van der Waals surface area contributed by atoms with E-state index in [0.717, 1.165) is 53.8 Å². The molecular weight excluding hydrogens is 533 g/mol. The first kappa shape index (κ1) is 29.3. The molecule has 2 amide bonds. The number of rotatable bonds is 9. The van der Waals surface area contributed by atoms with Crippen molar-refractivity contribution < 1.29 is 18.0 Å². The highest BCUT2D eigenvalue weighted by Crippen LogP contribution is 2.25. The molecule has 37 heavy (non-hydrogen) atoms. The lowest BCUT2D eigenvalue weighted by Gasteiger charge is -2.33. The van der Waals surface area contributed by atoms with Crippen LogP contribution >= 0.6 is 23.2 Å². The van der Waals surface area contributed by atoms with Gasteiger partial charge >= 0.3 is 0 Å². The summed E-state index contributed by atoms with van der Waals surface area (Å²) in [5.74, 6) is -0.787. The normalized spacial score (nSPS) is 15.2. The smallest absolute Gasteiger partial charge is 0.244 e. The van der Waals surface area contributed by atoms with E-state index in [1.165, 1.54) is 4.90 Å². The molecular formula is C27H35Cl2N3O4S. The lowest BCUT2D eigenvalue weighted by Crippen LogP contribution is -2.53. The quantitative estimate of drug-likeness (QED) is 0.448. The van der Waals surface area contributed by atoms with Crippen LogP contribution < -0.4 is 9.62 Å². The van der Waals surface area contributed by atoms with Crippen molar-refractivity contribution in [3.63, 3.8) is 0 Å². The highest BCUT2D eigenvalue weighted by Gasteiger charge is 2.31. The van der Waals surface area contributed by atoms with Crippen molar-refractivity contribution in [2.24, 2.45) is 0 Å². The van der Waals surface area contributed by atoms with E-state index in [-0.39, 0.29) is 18.5 Å². The Morgan fingerprint density at radius 2 is 1.65 bits per heavy atom. The Morgan fingerprint density at radius 1 is 1.03 bits per heavy atom. The predicted octanol–water partition coefficient (Wildman–Crippen LogP) is 5.24. The SMILES string of the molecule is Cc1cc(C)cc(N(CC(=O)N(Cc2ccc(Cl)cc2Cl)C(C)C(=O)NC2CCCCC2)S(C)(=O)=O)c1. The molecule has 1 aliphatic carbocycles. The summed E-state index contributed by atoms with van der Waals surface area (Å²) < 4.78 is 26.6.